The number of esters is 1. The van der Waals surface area contributed by atoms with Crippen LogP contribution in [0.3, 0.4) is 0 Å². The minimum atomic E-state index is -0.517. The molecule has 112 valence electrons. The van der Waals surface area contributed by atoms with Crippen LogP contribution in [0, 0.1) is 0 Å². The van der Waals surface area contributed by atoms with Crippen LogP contribution in [0.1, 0.15) is 38.1 Å². The minimum Gasteiger partial charge on any atom is -0.456 e. The Morgan fingerprint density at radius 1 is 1.40 bits per heavy atom. The third-order valence-corrected chi connectivity index (χ3v) is 2.67. The van der Waals surface area contributed by atoms with Crippen molar-refractivity contribution in [2.24, 2.45) is 0 Å². The zero-order valence-corrected chi connectivity index (χ0v) is 12.8. The first-order valence-electron chi connectivity index (χ1n) is 6.62. The van der Waals surface area contributed by atoms with E-state index in [2.05, 4.69) is 5.32 Å². The molecule has 0 aliphatic carbocycles. The van der Waals surface area contributed by atoms with E-state index in [0.717, 1.165) is 0 Å². The van der Waals surface area contributed by atoms with E-state index in [1.54, 1.807) is 25.3 Å². The second-order valence-electron chi connectivity index (χ2n) is 5.73. The predicted molar refractivity (Wildman–Crippen MR) is 81.0 cm³/mol. The monoisotopic (exact) mass is 280 g/mol. The average molecular weight is 280 g/mol. The van der Waals surface area contributed by atoms with Crippen molar-refractivity contribution in [2.45, 2.75) is 39.4 Å². The largest absolute Gasteiger partial charge is 0.456 e. The van der Waals surface area contributed by atoms with E-state index in [1.165, 1.54) is 0 Å². The lowest BCUT2D eigenvalue weighted by molar-refractivity contribution is 0.00696. The number of nitrogens with two attached hydrogens (primary N) is 1. The lowest BCUT2D eigenvalue weighted by Crippen LogP contribution is -2.24. The van der Waals surface area contributed by atoms with Gasteiger partial charge in [-0.15, -0.1) is 0 Å². The van der Waals surface area contributed by atoms with E-state index in [-0.39, 0.29) is 12.1 Å². The van der Waals surface area contributed by atoms with Gasteiger partial charge in [-0.3, -0.25) is 0 Å². The highest BCUT2D eigenvalue weighted by molar-refractivity contribution is 5.92. The number of hydrogen-bond donors (Lipinski definition) is 2. The molecule has 0 spiro atoms. The Hall–Kier alpha value is -1.75. The Bertz CT molecular complexity index is 467. The van der Waals surface area contributed by atoms with Gasteiger partial charge in [-0.1, -0.05) is 0 Å². The smallest absolute Gasteiger partial charge is 0.338 e. The summed E-state index contributed by atoms with van der Waals surface area (Å²) < 4.78 is 10.5. The first kappa shape index (κ1) is 16.3. The van der Waals surface area contributed by atoms with Crippen LogP contribution in [0.4, 0.5) is 11.4 Å². The number of rotatable bonds is 5. The fourth-order valence-electron chi connectivity index (χ4n) is 1.51. The molecular weight excluding hydrogens is 256 g/mol. The van der Waals surface area contributed by atoms with Gasteiger partial charge in [0.25, 0.3) is 0 Å². The number of nitrogen functional groups attached to an aromatic ring is 1. The van der Waals surface area contributed by atoms with Crippen LogP contribution in [0.15, 0.2) is 18.2 Å². The summed E-state index contributed by atoms with van der Waals surface area (Å²) in [5.74, 6) is -0.361. The van der Waals surface area contributed by atoms with Gasteiger partial charge in [0.2, 0.25) is 0 Å². The van der Waals surface area contributed by atoms with Crippen molar-refractivity contribution in [3.05, 3.63) is 23.8 Å². The van der Waals surface area contributed by atoms with Crippen LogP contribution in [-0.2, 0) is 9.47 Å². The SMILES string of the molecule is COC(C)CNc1cc(C(=O)OC(C)(C)C)ccc1N. The van der Waals surface area contributed by atoms with Gasteiger partial charge in [-0.25, -0.2) is 4.79 Å². The molecule has 5 nitrogen and oxygen atoms in total. The molecule has 0 aliphatic heterocycles. The molecule has 0 fully saturated rings. The van der Waals surface area contributed by atoms with Gasteiger partial charge in [-0.2, -0.15) is 0 Å². The normalized spacial score (nSPS) is 12.8. The number of hydrogen-bond acceptors (Lipinski definition) is 5. The summed E-state index contributed by atoms with van der Waals surface area (Å²) in [4.78, 5) is 12.0. The Balaban J connectivity index is 2.83. The highest BCUT2D eigenvalue weighted by Crippen LogP contribution is 2.22. The number of carbonyl (C=O) groups is 1. The first-order valence-corrected chi connectivity index (χ1v) is 6.62. The molecule has 1 aromatic carbocycles. The summed E-state index contributed by atoms with van der Waals surface area (Å²) in [6.45, 7) is 8.06. The van der Waals surface area contributed by atoms with Gasteiger partial charge < -0.3 is 20.5 Å². The fourth-order valence-corrected chi connectivity index (χ4v) is 1.51. The van der Waals surface area contributed by atoms with Crippen molar-refractivity contribution in [2.75, 3.05) is 24.7 Å². The maximum absolute atomic E-state index is 12.0. The number of anilines is 2. The third kappa shape index (κ3) is 5.09. The van der Waals surface area contributed by atoms with Crippen molar-refractivity contribution in [3.63, 3.8) is 0 Å². The van der Waals surface area contributed by atoms with E-state index in [1.807, 2.05) is 27.7 Å². The van der Waals surface area contributed by atoms with Crippen molar-refractivity contribution < 1.29 is 14.3 Å². The summed E-state index contributed by atoms with van der Waals surface area (Å²) in [5, 5.41) is 3.16. The highest BCUT2D eigenvalue weighted by atomic mass is 16.6. The number of benzene rings is 1. The van der Waals surface area contributed by atoms with E-state index in [4.69, 9.17) is 15.2 Å². The molecule has 0 amide bonds. The lowest BCUT2D eigenvalue weighted by atomic mass is 10.1. The van der Waals surface area contributed by atoms with Gasteiger partial charge in [0.05, 0.1) is 23.0 Å². The second-order valence-corrected chi connectivity index (χ2v) is 5.73. The minimum absolute atomic E-state index is 0.0552. The van der Waals surface area contributed by atoms with E-state index < -0.39 is 5.60 Å². The molecule has 1 unspecified atom stereocenters. The molecule has 1 atom stereocenters. The second kappa shape index (κ2) is 6.61. The number of ether oxygens (including phenoxy) is 2. The number of methoxy groups -OCH3 is 1. The average Bonchev–Trinajstić information content (AvgIpc) is 2.35. The van der Waals surface area contributed by atoms with E-state index >= 15 is 0 Å². The summed E-state index contributed by atoms with van der Waals surface area (Å²) in [5.41, 5.74) is 7.14. The molecule has 0 radical (unpaired) electrons. The lowest BCUT2D eigenvalue weighted by Gasteiger charge is -2.20. The Labute approximate surface area is 120 Å². The van der Waals surface area contributed by atoms with Crippen molar-refractivity contribution in [3.8, 4) is 0 Å². The maximum atomic E-state index is 12.0. The molecule has 0 aliphatic rings. The fraction of sp³-hybridized carbons (Fsp3) is 0.533. The molecule has 5 heteroatoms. The van der Waals surface area contributed by atoms with Gasteiger partial charge >= 0.3 is 5.97 Å². The number of nitrogens with one attached hydrogen (secondary N) is 1. The quantitative estimate of drug-likeness (QED) is 0.641. The van der Waals surface area contributed by atoms with Crippen molar-refractivity contribution in [1.29, 1.82) is 0 Å². The highest BCUT2D eigenvalue weighted by Gasteiger charge is 2.18. The Morgan fingerprint density at radius 2 is 2.05 bits per heavy atom. The molecule has 20 heavy (non-hydrogen) atoms. The predicted octanol–water partition coefficient (Wildman–Crippen LogP) is 2.67. The molecular formula is C15H24N2O3. The first-order chi connectivity index (χ1) is 9.23. The topological polar surface area (TPSA) is 73.6 Å². The summed E-state index contributed by atoms with van der Waals surface area (Å²) in [6.07, 6.45) is 0.0552. The van der Waals surface area contributed by atoms with Crippen molar-refractivity contribution in [1.82, 2.24) is 0 Å². The van der Waals surface area contributed by atoms with Gasteiger partial charge in [0.15, 0.2) is 0 Å². The maximum Gasteiger partial charge on any atom is 0.338 e. The molecule has 0 aromatic heterocycles. The van der Waals surface area contributed by atoms with E-state index in [0.29, 0.717) is 23.5 Å². The summed E-state index contributed by atoms with van der Waals surface area (Å²) in [6, 6.07) is 5.05. The van der Waals surface area contributed by atoms with Crippen LogP contribution >= 0.6 is 0 Å². The van der Waals surface area contributed by atoms with Gasteiger partial charge in [-0.05, 0) is 45.9 Å². The molecule has 0 heterocycles. The zero-order valence-electron chi connectivity index (χ0n) is 12.8. The standard InChI is InChI=1S/C15H24N2O3/c1-10(19-5)9-17-13-8-11(6-7-12(13)16)14(18)20-15(2,3)4/h6-8,10,17H,9,16H2,1-5H3. The van der Waals surface area contributed by atoms with Crippen LogP contribution < -0.4 is 11.1 Å². The zero-order chi connectivity index (χ0) is 15.3. The Morgan fingerprint density at radius 3 is 2.60 bits per heavy atom. The van der Waals surface area contributed by atoms with Gasteiger partial charge in [0, 0.05) is 13.7 Å². The third-order valence-electron chi connectivity index (χ3n) is 2.67. The molecule has 1 aromatic rings. The molecule has 1 rings (SSSR count). The molecule has 3 N–H and O–H groups in total. The van der Waals surface area contributed by atoms with Crippen molar-refractivity contribution >= 4 is 17.3 Å². The van der Waals surface area contributed by atoms with Gasteiger partial charge in [0.1, 0.15) is 5.60 Å². The van der Waals surface area contributed by atoms with Crippen LogP contribution in [0.25, 0.3) is 0 Å². The molecule has 0 saturated carbocycles. The van der Waals surface area contributed by atoms with Crippen LogP contribution in [0.5, 0.6) is 0 Å². The summed E-state index contributed by atoms with van der Waals surface area (Å²) in [7, 11) is 1.65. The molecule has 0 bridgehead atoms. The molecule has 0 saturated heterocycles. The van der Waals surface area contributed by atoms with Crippen LogP contribution in [0.2, 0.25) is 0 Å². The van der Waals surface area contributed by atoms with E-state index in [9.17, 15) is 4.79 Å². The summed E-state index contributed by atoms with van der Waals surface area (Å²) >= 11 is 0. The number of carbonyl (C=O) groups excluding carboxylic acids is 1. The Kier molecular flexibility index (Phi) is 5.39. The van der Waals surface area contributed by atoms with Crippen LogP contribution in [-0.4, -0.2) is 31.3 Å².